The molecule has 10 heavy (non-hydrogen) atoms. The number of Topliss-reactive ketones (excluding diaryl/α,β-unsaturated/α-hetero) is 2. The average molecular weight is 140 g/mol. The van der Waals surface area contributed by atoms with Gasteiger partial charge in [-0.2, -0.15) is 0 Å². The van der Waals surface area contributed by atoms with Crippen LogP contribution in [0.4, 0.5) is 0 Å². The van der Waals surface area contributed by atoms with E-state index >= 15 is 0 Å². The van der Waals surface area contributed by atoms with Gasteiger partial charge in [-0.3, -0.25) is 9.59 Å². The molecule has 0 aromatic rings. The first kappa shape index (κ1) is 7.45. The fraction of sp³-hybridized carbons (Fsp3) is 0.750. The highest BCUT2D eigenvalue weighted by Crippen LogP contribution is 2.36. The lowest BCUT2D eigenvalue weighted by Crippen LogP contribution is -2.09. The highest BCUT2D eigenvalue weighted by atomic mass is 16.2. The van der Waals surface area contributed by atoms with Crippen LogP contribution in [-0.2, 0) is 9.59 Å². The SMILES string of the molecule is CCC1(C)CC(=O)C(=O)C1. The summed E-state index contributed by atoms with van der Waals surface area (Å²) in [5.41, 5.74) is -0.0197. The Morgan fingerprint density at radius 3 is 1.90 bits per heavy atom. The first-order chi connectivity index (χ1) is 4.57. The van der Waals surface area contributed by atoms with Crippen LogP contribution in [0.15, 0.2) is 0 Å². The minimum absolute atomic E-state index is 0.0197. The maximum Gasteiger partial charge on any atom is 0.198 e. The minimum atomic E-state index is -0.177. The maximum atomic E-state index is 10.8. The molecule has 0 bridgehead atoms. The number of rotatable bonds is 1. The quantitative estimate of drug-likeness (QED) is 0.515. The van der Waals surface area contributed by atoms with Gasteiger partial charge in [-0.1, -0.05) is 13.8 Å². The Hall–Kier alpha value is -0.660. The van der Waals surface area contributed by atoms with E-state index in [9.17, 15) is 9.59 Å². The standard InChI is InChI=1S/C8H12O2/c1-3-8(2)4-6(9)7(10)5-8/h3-5H2,1-2H3. The Morgan fingerprint density at radius 1 is 1.30 bits per heavy atom. The van der Waals surface area contributed by atoms with Crippen LogP contribution in [0.5, 0.6) is 0 Å². The molecule has 0 saturated heterocycles. The van der Waals surface area contributed by atoms with E-state index < -0.39 is 0 Å². The van der Waals surface area contributed by atoms with Crippen molar-refractivity contribution >= 4 is 11.6 Å². The Kier molecular flexibility index (Phi) is 1.63. The summed E-state index contributed by atoms with van der Waals surface area (Å²) in [6.45, 7) is 4.02. The number of hydrogen-bond donors (Lipinski definition) is 0. The highest BCUT2D eigenvalue weighted by Gasteiger charge is 2.38. The number of hydrogen-bond acceptors (Lipinski definition) is 2. The fourth-order valence-corrected chi connectivity index (χ4v) is 1.28. The van der Waals surface area contributed by atoms with E-state index in [4.69, 9.17) is 0 Å². The van der Waals surface area contributed by atoms with E-state index in [1.165, 1.54) is 0 Å². The molecule has 0 unspecified atom stereocenters. The Balaban J connectivity index is 2.73. The molecule has 0 radical (unpaired) electrons. The van der Waals surface area contributed by atoms with E-state index in [1.807, 2.05) is 13.8 Å². The molecule has 0 amide bonds. The summed E-state index contributed by atoms with van der Waals surface area (Å²) in [6, 6.07) is 0. The van der Waals surface area contributed by atoms with Crippen LogP contribution in [0.2, 0.25) is 0 Å². The molecule has 1 fully saturated rings. The predicted octanol–water partition coefficient (Wildman–Crippen LogP) is 1.33. The van der Waals surface area contributed by atoms with Crippen molar-refractivity contribution in [3.63, 3.8) is 0 Å². The third-order valence-corrected chi connectivity index (χ3v) is 2.34. The van der Waals surface area contributed by atoms with Crippen LogP contribution in [0.25, 0.3) is 0 Å². The van der Waals surface area contributed by atoms with Gasteiger partial charge in [0.1, 0.15) is 0 Å². The van der Waals surface area contributed by atoms with Gasteiger partial charge in [-0.15, -0.1) is 0 Å². The molecular formula is C8H12O2. The summed E-state index contributed by atoms with van der Waals surface area (Å²) in [7, 11) is 0. The molecule has 0 heterocycles. The van der Waals surface area contributed by atoms with Crippen molar-refractivity contribution in [3.05, 3.63) is 0 Å². The average Bonchev–Trinajstić information content (AvgIpc) is 2.10. The topological polar surface area (TPSA) is 34.1 Å². The smallest absolute Gasteiger partial charge is 0.198 e. The summed E-state index contributed by atoms with van der Waals surface area (Å²) >= 11 is 0. The number of carbonyl (C=O) groups excluding carboxylic acids is 2. The number of ketones is 2. The normalized spacial score (nSPS) is 23.8. The van der Waals surface area contributed by atoms with Crippen LogP contribution in [-0.4, -0.2) is 11.6 Å². The van der Waals surface area contributed by atoms with Gasteiger partial charge in [0, 0.05) is 12.8 Å². The van der Waals surface area contributed by atoms with Crippen molar-refractivity contribution in [1.82, 2.24) is 0 Å². The van der Waals surface area contributed by atoms with E-state index in [0.29, 0.717) is 12.8 Å². The maximum absolute atomic E-state index is 10.8. The van der Waals surface area contributed by atoms with Crippen LogP contribution in [0.1, 0.15) is 33.1 Å². The molecule has 0 spiro atoms. The van der Waals surface area contributed by atoms with Crippen molar-refractivity contribution in [2.45, 2.75) is 33.1 Å². The zero-order valence-electron chi connectivity index (χ0n) is 6.44. The van der Waals surface area contributed by atoms with Crippen molar-refractivity contribution in [2.24, 2.45) is 5.41 Å². The van der Waals surface area contributed by atoms with Gasteiger partial charge in [-0.05, 0) is 11.8 Å². The van der Waals surface area contributed by atoms with E-state index in [1.54, 1.807) is 0 Å². The first-order valence-corrected chi connectivity index (χ1v) is 3.63. The molecule has 0 atom stereocenters. The molecule has 2 nitrogen and oxygen atoms in total. The highest BCUT2D eigenvalue weighted by molar-refractivity contribution is 6.39. The largest absolute Gasteiger partial charge is 0.291 e. The lowest BCUT2D eigenvalue weighted by Gasteiger charge is -2.17. The third kappa shape index (κ3) is 1.11. The molecule has 56 valence electrons. The van der Waals surface area contributed by atoms with Crippen LogP contribution < -0.4 is 0 Å². The fourth-order valence-electron chi connectivity index (χ4n) is 1.28. The van der Waals surface area contributed by atoms with Crippen molar-refractivity contribution in [2.75, 3.05) is 0 Å². The Labute approximate surface area is 60.6 Å². The van der Waals surface area contributed by atoms with Crippen LogP contribution in [0.3, 0.4) is 0 Å². The molecule has 0 aromatic carbocycles. The molecule has 1 saturated carbocycles. The molecule has 0 aromatic heterocycles. The molecule has 1 aliphatic rings. The Morgan fingerprint density at radius 2 is 1.70 bits per heavy atom. The molecular weight excluding hydrogens is 128 g/mol. The first-order valence-electron chi connectivity index (χ1n) is 3.63. The molecule has 0 aliphatic heterocycles. The zero-order chi connectivity index (χ0) is 7.78. The second-order valence-electron chi connectivity index (χ2n) is 3.36. The van der Waals surface area contributed by atoms with Gasteiger partial charge in [0.05, 0.1) is 0 Å². The van der Waals surface area contributed by atoms with Crippen molar-refractivity contribution in [3.8, 4) is 0 Å². The van der Waals surface area contributed by atoms with Gasteiger partial charge >= 0.3 is 0 Å². The second kappa shape index (κ2) is 2.19. The lowest BCUT2D eigenvalue weighted by atomic mass is 9.86. The molecule has 2 heteroatoms. The minimum Gasteiger partial charge on any atom is -0.291 e. The van der Waals surface area contributed by atoms with Gasteiger partial charge in [0.15, 0.2) is 11.6 Å². The number of carbonyl (C=O) groups is 2. The van der Waals surface area contributed by atoms with Crippen LogP contribution >= 0.6 is 0 Å². The van der Waals surface area contributed by atoms with Gasteiger partial charge < -0.3 is 0 Å². The van der Waals surface area contributed by atoms with Gasteiger partial charge in [0.2, 0.25) is 0 Å². The summed E-state index contributed by atoms with van der Waals surface area (Å²) < 4.78 is 0. The third-order valence-electron chi connectivity index (χ3n) is 2.34. The summed E-state index contributed by atoms with van der Waals surface area (Å²) in [5.74, 6) is -0.353. The van der Waals surface area contributed by atoms with Crippen LogP contribution in [0, 0.1) is 5.41 Å². The van der Waals surface area contributed by atoms with E-state index in [0.717, 1.165) is 6.42 Å². The second-order valence-corrected chi connectivity index (χ2v) is 3.36. The van der Waals surface area contributed by atoms with Crippen molar-refractivity contribution in [1.29, 1.82) is 0 Å². The van der Waals surface area contributed by atoms with Gasteiger partial charge in [0.25, 0.3) is 0 Å². The lowest BCUT2D eigenvalue weighted by molar-refractivity contribution is -0.134. The van der Waals surface area contributed by atoms with Crippen molar-refractivity contribution < 1.29 is 9.59 Å². The molecule has 0 N–H and O–H groups in total. The monoisotopic (exact) mass is 140 g/mol. The summed E-state index contributed by atoms with van der Waals surface area (Å²) in [5, 5.41) is 0. The zero-order valence-corrected chi connectivity index (χ0v) is 6.44. The van der Waals surface area contributed by atoms with Gasteiger partial charge in [-0.25, -0.2) is 0 Å². The molecule has 1 rings (SSSR count). The van der Waals surface area contributed by atoms with E-state index in [-0.39, 0.29) is 17.0 Å². The Bertz CT molecular complexity index is 166. The van der Waals surface area contributed by atoms with E-state index in [2.05, 4.69) is 0 Å². The predicted molar refractivity (Wildman–Crippen MR) is 37.6 cm³/mol. The summed E-state index contributed by atoms with van der Waals surface area (Å²) in [4.78, 5) is 21.6. The summed E-state index contributed by atoms with van der Waals surface area (Å²) in [6.07, 6.45) is 1.84. The molecule has 1 aliphatic carbocycles.